The summed E-state index contributed by atoms with van der Waals surface area (Å²) in [5, 5.41) is 0.185. The Bertz CT molecular complexity index is 1050. The number of ether oxygens (including phenoxy) is 1. The highest BCUT2D eigenvalue weighted by Gasteiger charge is 2.47. The molecule has 4 rings (SSSR count). The lowest BCUT2D eigenvalue weighted by Gasteiger charge is -2.42. The van der Waals surface area contributed by atoms with Crippen molar-refractivity contribution in [3.63, 3.8) is 0 Å². The van der Waals surface area contributed by atoms with E-state index < -0.39 is 17.8 Å². The first-order valence-electron chi connectivity index (χ1n) is 10.1. The van der Waals surface area contributed by atoms with Crippen LogP contribution in [0.1, 0.15) is 37.6 Å². The van der Waals surface area contributed by atoms with Crippen molar-refractivity contribution >= 4 is 29.0 Å². The van der Waals surface area contributed by atoms with Crippen molar-refractivity contribution < 1.29 is 13.5 Å². The van der Waals surface area contributed by atoms with Crippen molar-refractivity contribution in [2.45, 2.75) is 45.3 Å². The molecule has 6 nitrogen and oxygen atoms in total. The molecule has 0 radical (unpaired) electrons. The zero-order chi connectivity index (χ0) is 22.5. The second-order valence-corrected chi connectivity index (χ2v) is 9.11. The summed E-state index contributed by atoms with van der Waals surface area (Å²) in [6.07, 6.45) is -1.50. The van der Waals surface area contributed by atoms with Crippen LogP contribution >= 0.6 is 23.2 Å². The molecule has 1 aromatic heterocycles. The van der Waals surface area contributed by atoms with Crippen LogP contribution in [0.15, 0.2) is 23.0 Å². The van der Waals surface area contributed by atoms with Crippen molar-refractivity contribution in [3.05, 3.63) is 50.0 Å². The van der Waals surface area contributed by atoms with Gasteiger partial charge in [-0.15, -0.1) is 0 Å². The standard InChI is InChI=1S/C21H24Cl2F2N4O2/c1-11-18(28-8-6-21(7-9-28)10-31-12(2)16(21)26)27-19(17(24)25)29(20(11)30)14-5-3-4-13(22)15(14)23/h3-5,12,16-17H,6-10,26H2,1-2H3/t12-,16+/m0/s1. The average Bonchev–Trinajstić information content (AvgIpc) is 3.01. The number of hydrogen-bond acceptors (Lipinski definition) is 5. The summed E-state index contributed by atoms with van der Waals surface area (Å²) in [4.78, 5) is 19.3. The van der Waals surface area contributed by atoms with Gasteiger partial charge in [0.1, 0.15) is 5.82 Å². The fourth-order valence-corrected chi connectivity index (χ4v) is 4.98. The SMILES string of the molecule is Cc1c(N2CCC3(CC2)CO[C@@H](C)[C@H]3N)nc(C(F)F)n(-c2cccc(Cl)c2Cl)c1=O. The van der Waals surface area contributed by atoms with Gasteiger partial charge in [0.15, 0.2) is 5.82 Å². The Hall–Kier alpha value is -1.74. The number of hydrogen-bond donors (Lipinski definition) is 1. The molecule has 168 valence electrons. The molecule has 10 heteroatoms. The molecule has 2 aliphatic heterocycles. The molecular weight excluding hydrogens is 449 g/mol. The maximum atomic E-state index is 14.0. The Balaban J connectivity index is 1.73. The van der Waals surface area contributed by atoms with E-state index in [2.05, 4.69) is 4.98 Å². The molecule has 2 saturated heterocycles. The number of rotatable bonds is 3. The van der Waals surface area contributed by atoms with Crippen molar-refractivity contribution in [1.82, 2.24) is 9.55 Å². The van der Waals surface area contributed by atoms with Gasteiger partial charge in [-0.25, -0.2) is 13.8 Å². The van der Waals surface area contributed by atoms with E-state index in [4.69, 9.17) is 33.7 Å². The van der Waals surface area contributed by atoms with E-state index in [9.17, 15) is 13.6 Å². The van der Waals surface area contributed by atoms with Gasteiger partial charge >= 0.3 is 0 Å². The molecule has 2 N–H and O–H groups in total. The predicted molar refractivity (Wildman–Crippen MR) is 117 cm³/mol. The van der Waals surface area contributed by atoms with Gasteiger partial charge in [0.2, 0.25) is 0 Å². The number of anilines is 1. The molecule has 1 spiro atoms. The normalized spacial score (nSPS) is 23.2. The predicted octanol–water partition coefficient (Wildman–Crippen LogP) is 4.12. The Labute approximate surface area is 188 Å². The molecule has 1 aromatic carbocycles. The summed E-state index contributed by atoms with van der Waals surface area (Å²) in [5.41, 5.74) is 6.00. The van der Waals surface area contributed by atoms with Crippen LogP contribution in [-0.2, 0) is 4.74 Å². The molecule has 2 fully saturated rings. The minimum Gasteiger partial charge on any atom is -0.376 e. The number of nitrogens with two attached hydrogens (primary N) is 1. The summed E-state index contributed by atoms with van der Waals surface area (Å²) in [6.45, 7) is 5.26. The summed E-state index contributed by atoms with van der Waals surface area (Å²) in [5.74, 6) is -0.394. The Morgan fingerprint density at radius 1 is 1.29 bits per heavy atom. The number of halogens is 4. The highest BCUT2D eigenvalue weighted by Crippen LogP contribution is 2.42. The molecule has 0 amide bonds. The van der Waals surface area contributed by atoms with Gasteiger partial charge in [0.25, 0.3) is 12.0 Å². The minimum atomic E-state index is -2.98. The van der Waals surface area contributed by atoms with Crippen molar-refractivity contribution in [1.29, 1.82) is 0 Å². The molecule has 2 atom stereocenters. The fraction of sp³-hybridized carbons (Fsp3) is 0.524. The van der Waals surface area contributed by atoms with E-state index in [1.807, 2.05) is 11.8 Å². The van der Waals surface area contributed by atoms with Crippen LogP contribution in [0.4, 0.5) is 14.6 Å². The topological polar surface area (TPSA) is 73.4 Å². The third-order valence-corrected chi connectivity index (χ3v) is 7.39. The van der Waals surface area contributed by atoms with E-state index in [1.165, 1.54) is 12.1 Å². The molecule has 2 aliphatic rings. The van der Waals surface area contributed by atoms with Gasteiger partial charge in [0, 0.05) is 24.5 Å². The molecule has 2 aromatic rings. The van der Waals surface area contributed by atoms with Gasteiger partial charge in [0.05, 0.1) is 34.0 Å². The fourth-order valence-electron chi connectivity index (χ4n) is 4.60. The molecule has 0 unspecified atom stereocenters. The Morgan fingerprint density at radius 3 is 2.55 bits per heavy atom. The van der Waals surface area contributed by atoms with E-state index in [0.717, 1.165) is 17.4 Å². The van der Waals surface area contributed by atoms with Crippen LogP contribution in [0.2, 0.25) is 10.0 Å². The Morgan fingerprint density at radius 2 is 1.97 bits per heavy atom. The summed E-state index contributed by atoms with van der Waals surface area (Å²) in [7, 11) is 0. The number of benzene rings is 1. The van der Waals surface area contributed by atoms with Crippen LogP contribution in [0.5, 0.6) is 0 Å². The van der Waals surface area contributed by atoms with Crippen LogP contribution < -0.4 is 16.2 Å². The van der Waals surface area contributed by atoms with E-state index in [-0.39, 0.29) is 44.7 Å². The van der Waals surface area contributed by atoms with Crippen LogP contribution in [0.3, 0.4) is 0 Å². The largest absolute Gasteiger partial charge is 0.376 e. The number of piperidine rings is 1. The van der Waals surface area contributed by atoms with Gasteiger partial charge in [-0.1, -0.05) is 29.3 Å². The highest BCUT2D eigenvalue weighted by molar-refractivity contribution is 6.43. The molecular formula is C21H24Cl2F2N4O2. The third-order valence-electron chi connectivity index (χ3n) is 6.58. The lowest BCUT2D eigenvalue weighted by molar-refractivity contribution is 0.0973. The average molecular weight is 473 g/mol. The number of nitrogens with zero attached hydrogens (tertiary/aromatic N) is 3. The first-order chi connectivity index (χ1) is 14.7. The molecule has 0 saturated carbocycles. The van der Waals surface area contributed by atoms with Gasteiger partial charge in [-0.05, 0) is 38.8 Å². The number of aromatic nitrogens is 2. The maximum absolute atomic E-state index is 14.0. The third kappa shape index (κ3) is 3.73. The second-order valence-electron chi connectivity index (χ2n) is 8.32. The van der Waals surface area contributed by atoms with Gasteiger partial charge in [-0.3, -0.25) is 9.36 Å². The quantitative estimate of drug-likeness (QED) is 0.727. The van der Waals surface area contributed by atoms with Crippen LogP contribution in [-0.4, -0.2) is 41.4 Å². The molecule has 0 bridgehead atoms. The van der Waals surface area contributed by atoms with Crippen molar-refractivity contribution in [3.8, 4) is 5.69 Å². The minimum absolute atomic E-state index is 0.0109. The van der Waals surface area contributed by atoms with Crippen LogP contribution in [0, 0.1) is 12.3 Å². The van der Waals surface area contributed by atoms with Crippen LogP contribution in [0.25, 0.3) is 5.69 Å². The zero-order valence-corrected chi connectivity index (χ0v) is 18.8. The molecule has 0 aliphatic carbocycles. The lowest BCUT2D eigenvalue weighted by Crippen LogP contribution is -2.51. The van der Waals surface area contributed by atoms with Crippen molar-refractivity contribution in [2.24, 2.45) is 11.1 Å². The maximum Gasteiger partial charge on any atom is 0.296 e. The van der Waals surface area contributed by atoms with E-state index in [1.54, 1.807) is 13.0 Å². The summed E-state index contributed by atoms with van der Waals surface area (Å²) < 4.78 is 34.6. The first-order valence-corrected chi connectivity index (χ1v) is 10.9. The lowest BCUT2D eigenvalue weighted by atomic mass is 9.73. The van der Waals surface area contributed by atoms with E-state index >= 15 is 0 Å². The monoisotopic (exact) mass is 472 g/mol. The molecule has 3 heterocycles. The van der Waals surface area contributed by atoms with E-state index in [0.29, 0.717) is 19.7 Å². The summed E-state index contributed by atoms with van der Waals surface area (Å²) in [6, 6.07) is 4.47. The smallest absolute Gasteiger partial charge is 0.296 e. The highest BCUT2D eigenvalue weighted by atomic mass is 35.5. The van der Waals surface area contributed by atoms with Gasteiger partial charge < -0.3 is 15.4 Å². The second kappa shape index (κ2) is 8.31. The van der Waals surface area contributed by atoms with Gasteiger partial charge in [-0.2, -0.15) is 0 Å². The zero-order valence-electron chi connectivity index (χ0n) is 17.2. The summed E-state index contributed by atoms with van der Waals surface area (Å²) >= 11 is 12.3. The molecule has 31 heavy (non-hydrogen) atoms. The number of alkyl halides is 2. The Kier molecular flexibility index (Phi) is 6.02. The van der Waals surface area contributed by atoms with Crippen molar-refractivity contribution in [2.75, 3.05) is 24.6 Å². The first kappa shape index (κ1) is 22.5.